The van der Waals surface area contributed by atoms with Crippen LogP contribution in [0.15, 0.2) is 47.4 Å². The molecule has 3 rings (SSSR count). The van der Waals surface area contributed by atoms with Gasteiger partial charge in [-0.15, -0.1) is 0 Å². The van der Waals surface area contributed by atoms with E-state index in [0.29, 0.717) is 29.3 Å². The van der Waals surface area contributed by atoms with Gasteiger partial charge in [-0.05, 0) is 37.3 Å². The molecule has 0 radical (unpaired) electrons. The zero-order chi connectivity index (χ0) is 19.4. The van der Waals surface area contributed by atoms with Crippen molar-refractivity contribution in [3.8, 4) is 17.1 Å². The summed E-state index contributed by atoms with van der Waals surface area (Å²) in [4.78, 5) is 35.0. The highest BCUT2D eigenvalue weighted by atomic mass is 16.5. The summed E-state index contributed by atoms with van der Waals surface area (Å²) in [6.45, 7) is 2.16. The topological polar surface area (TPSA) is 149 Å². The highest BCUT2D eigenvalue weighted by molar-refractivity contribution is 6.04. The molecular formula is C18H18N6O3. The van der Waals surface area contributed by atoms with Gasteiger partial charge < -0.3 is 26.5 Å². The van der Waals surface area contributed by atoms with Gasteiger partial charge in [0.05, 0.1) is 12.2 Å². The molecule has 0 fully saturated rings. The van der Waals surface area contributed by atoms with Crippen LogP contribution in [0.5, 0.6) is 5.75 Å². The molecule has 0 unspecified atom stereocenters. The van der Waals surface area contributed by atoms with Crippen molar-refractivity contribution in [2.75, 3.05) is 23.4 Å². The number of amides is 1. The number of pyridine rings is 1. The van der Waals surface area contributed by atoms with Gasteiger partial charge in [-0.25, -0.2) is 9.97 Å². The average Bonchev–Trinajstić information content (AvgIpc) is 2.66. The molecule has 1 amide bonds. The van der Waals surface area contributed by atoms with Gasteiger partial charge in [-0.2, -0.15) is 0 Å². The van der Waals surface area contributed by atoms with Crippen molar-refractivity contribution >= 4 is 23.2 Å². The van der Waals surface area contributed by atoms with Crippen molar-refractivity contribution in [1.82, 2.24) is 15.0 Å². The molecule has 1 aromatic carbocycles. The van der Waals surface area contributed by atoms with Gasteiger partial charge in [-0.1, -0.05) is 6.07 Å². The van der Waals surface area contributed by atoms with Crippen molar-refractivity contribution in [3.05, 3.63) is 58.5 Å². The Hall–Kier alpha value is -3.88. The lowest BCUT2D eigenvalue weighted by atomic mass is 10.1. The number of ether oxygens (including phenoxy) is 1. The van der Waals surface area contributed by atoms with E-state index in [1.54, 1.807) is 49.5 Å². The Morgan fingerprint density at radius 2 is 2.07 bits per heavy atom. The molecule has 2 heterocycles. The first-order valence-corrected chi connectivity index (χ1v) is 8.14. The van der Waals surface area contributed by atoms with Crippen LogP contribution in [0.3, 0.4) is 0 Å². The van der Waals surface area contributed by atoms with Crippen LogP contribution >= 0.6 is 0 Å². The van der Waals surface area contributed by atoms with E-state index in [9.17, 15) is 9.59 Å². The minimum Gasteiger partial charge on any atom is -0.493 e. The molecule has 6 N–H and O–H groups in total. The molecule has 0 saturated heterocycles. The molecule has 2 aromatic heterocycles. The van der Waals surface area contributed by atoms with Crippen molar-refractivity contribution in [3.63, 3.8) is 0 Å². The second-order valence-electron chi connectivity index (χ2n) is 5.53. The minimum absolute atomic E-state index is 0.0758. The van der Waals surface area contributed by atoms with Gasteiger partial charge in [0.25, 0.3) is 11.5 Å². The number of benzene rings is 1. The fraction of sp³-hybridized carbons (Fsp3) is 0.111. The first-order valence-electron chi connectivity index (χ1n) is 8.14. The Bertz CT molecular complexity index is 1030. The largest absolute Gasteiger partial charge is 0.493 e. The van der Waals surface area contributed by atoms with Crippen LogP contribution in [-0.2, 0) is 0 Å². The number of aromatic amines is 1. The number of carbonyl (C=O) groups excluding carboxylic acids is 1. The predicted molar refractivity (Wildman–Crippen MR) is 102 cm³/mol. The molecule has 0 aliphatic heterocycles. The Balaban J connectivity index is 1.98. The molecule has 0 bridgehead atoms. The summed E-state index contributed by atoms with van der Waals surface area (Å²) < 4.78 is 5.61. The van der Waals surface area contributed by atoms with E-state index < -0.39 is 5.56 Å². The van der Waals surface area contributed by atoms with E-state index in [0.717, 1.165) is 0 Å². The van der Waals surface area contributed by atoms with Crippen LogP contribution in [0.1, 0.15) is 17.3 Å². The maximum absolute atomic E-state index is 12.5. The van der Waals surface area contributed by atoms with Crippen LogP contribution < -0.4 is 27.1 Å². The van der Waals surface area contributed by atoms with Gasteiger partial charge in [0.2, 0.25) is 0 Å². The molecular weight excluding hydrogens is 348 g/mol. The number of H-pyrrole nitrogens is 1. The number of anilines is 3. The Labute approximate surface area is 154 Å². The molecule has 0 aliphatic rings. The van der Waals surface area contributed by atoms with Crippen molar-refractivity contribution in [2.24, 2.45) is 0 Å². The third-order valence-electron chi connectivity index (χ3n) is 3.69. The van der Waals surface area contributed by atoms with Gasteiger partial charge >= 0.3 is 0 Å². The summed E-state index contributed by atoms with van der Waals surface area (Å²) in [6.07, 6.45) is 1.58. The highest BCUT2D eigenvalue weighted by Gasteiger charge is 2.15. The Morgan fingerprint density at radius 1 is 1.26 bits per heavy atom. The van der Waals surface area contributed by atoms with Crippen LogP contribution in [0, 0.1) is 0 Å². The molecule has 27 heavy (non-hydrogen) atoms. The summed E-state index contributed by atoms with van der Waals surface area (Å²) in [6, 6.07) is 9.97. The monoisotopic (exact) mass is 366 g/mol. The molecule has 3 aromatic rings. The molecule has 9 heteroatoms. The summed E-state index contributed by atoms with van der Waals surface area (Å²) in [5.41, 5.74) is 11.4. The van der Waals surface area contributed by atoms with Crippen molar-refractivity contribution < 1.29 is 9.53 Å². The van der Waals surface area contributed by atoms with Crippen molar-refractivity contribution in [1.29, 1.82) is 0 Å². The van der Waals surface area contributed by atoms with E-state index in [1.165, 1.54) is 0 Å². The molecule has 0 aliphatic carbocycles. The number of hydrogen-bond acceptors (Lipinski definition) is 7. The lowest BCUT2D eigenvalue weighted by Gasteiger charge is -2.12. The normalized spacial score (nSPS) is 10.4. The summed E-state index contributed by atoms with van der Waals surface area (Å²) in [5, 5.41) is 2.70. The summed E-state index contributed by atoms with van der Waals surface area (Å²) >= 11 is 0. The van der Waals surface area contributed by atoms with Crippen LogP contribution in [0.25, 0.3) is 11.4 Å². The van der Waals surface area contributed by atoms with Crippen molar-refractivity contribution in [2.45, 2.75) is 6.92 Å². The predicted octanol–water partition coefficient (Wildman–Crippen LogP) is 1.65. The van der Waals surface area contributed by atoms with E-state index in [-0.39, 0.29) is 23.2 Å². The number of nitrogens with zero attached hydrogens (tertiary/aromatic N) is 2. The quantitative estimate of drug-likeness (QED) is 0.536. The van der Waals surface area contributed by atoms with E-state index in [2.05, 4.69) is 20.3 Å². The van der Waals surface area contributed by atoms with Gasteiger partial charge in [0.1, 0.15) is 23.1 Å². The lowest BCUT2D eigenvalue weighted by molar-refractivity contribution is 0.102. The van der Waals surface area contributed by atoms with Gasteiger partial charge in [0, 0.05) is 11.8 Å². The van der Waals surface area contributed by atoms with Crippen LogP contribution in [0.2, 0.25) is 0 Å². The number of hydrogen-bond donors (Lipinski definition) is 4. The maximum Gasteiger partial charge on any atom is 0.276 e. The third-order valence-corrected chi connectivity index (χ3v) is 3.69. The second kappa shape index (κ2) is 7.56. The SMILES string of the molecule is CCOc1cc(C(=O)Nc2ccccn2)ccc1-c1nc(N)c(N)c(=O)[nH]1. The number of nitrogen functional groups attached to an aromatic ring is 2. The van der Waals surface area contributed by atoms with Crippen LogP contribution in [0.4, 0.5) is 17.3 Å². The lowest BCUT2D eigenvalue weighted by Crippen LogP contribution is -2.17. The van der Waals surface area contributed by atoms with E-state index in [4.69, 9.17) is 16.2 Å². The zero-order valence-electron chi connectivity index (χ0n) is 14.5. The second-order valence-corrected chi connectivity index (χ2v) is 5.53. The number of aromatic nitrogens is 3. The van der Waals surface area contributed by atoms with Gasteiger partial charge in [0.15, 0.2) is 5.82 Å². The molecule has 0 atom stereocenters. The van der Waals surface area contributed by atoms with E-state index >= 15 is 0 Å². The Morgan fingerprint density at radius 3 is 2.74 bits per heavy atom. The number of rotatable bonds is 5. The molecule has 9 nitrogen and oxygen atoms in total. The number of nitrogens with two attached hydrogens (primary N) is 2. The summed E-state index contributed by atoms with van der Waals surface area (Å²) in [5.74, 6) is 0.583. The fourth-order valence-electron chi connectivity index (χ4n) is 2.39. The standard InChI is InChI=1S/C18H18N6O3/c1-2-27-12-9-10(17(25)22-13-5-3-4-8-21-13)6-7-11(12)16-23-15(20)14(19)18(26)24-16/h3-9H,2,19H2,1H3,(H,21,22,25)(H3,20,23,24,26). The van der Waals surface area contributed by atoms with E-state index in [1.807, 2.05) is 0 Å². The smallest absolute Gasteiger partial charge is 0.276 e. The first-order chi connectivity index (χ1) is 13.0. The highest BCUT2D eigenvalue weighted by Crippen LogP contribution is 2.29. The molecule has 138 valence electrons. The zero-order valence-corrected chi connectivity index (χ0v) is 14.5. The fourth-order valence-corrected chi connectivity index (χ4v) is 2.39. The molecule has 0 spiro atoms. The first kappa shape index (κ1) is 17.9. The number of carbonyl (C=O) groups is 1. The maximum atomic E-state index is 12.5. The van der Waals surface area contributed by atoms with Crippen LogP contribution in [-0.4, -0.2) is 27.5 Å². The Kier molecular flexibility index (Phi) is 5.02. The van der Waals surface area contributed by atoms with Gasteiger partial charge in [-0.3, -0.25) is 9.59 Å². The average molecular weight is 366 g/mol. The summed E-state index contributed by atoms with van der Waals surface area (Å²) in [7, 11) is 0. The minimum atomic E-state index is -0.545. The third kappa shape index (κ3) is 3.87. The molecule has 0 saturated carbocycles. The number of nitrogens with one attached hydrogen (secondary N) is 2.